The molecule has 1 atom stereocenters. The molecule has 2 aromatic carbocycles. The molecule has 1 unspecified atom stereocenters. The molecule has 0 N–H and O–H groups in total. The summed E-state index contributed by atoms with van der Waals surface area (Å²) in [6.07, 6.45) is 0. The van der Waals surface area contributed by atoms with E-state index in [1.807, 2.05) is 18.2 Å². The van der Waals surface area contributed by atoms with Gasteiger partial charge in [-0.05, 0) is 48.9 Å². The highest BCUT2D eigenvalue weighted by atomic mass is 16.5. The molecule has 1 fully saturated rings. The molecule has 0 amide bonds. The number of hydrogen-bond acceptors (Lipinski definition) is 5. The van der Waals surface area contributed by atoms with Crippen LogP contribution in [0.3, 0.4) is 0 Å². The van der Waals surface area contributed by atoms with Crippen molar-refractivity contribution in [1.82, 2.24) is 4.90 Å². The topological polar surface area (TPSA) is 34.2 Å². The summed E-state index contributed by atoms with van der Waals surface area (Å²) >= 11 is 0. The Morgan fingerprint density at radius 2 is 1.42 bits per heavy atom. The van der Waals surface area contributed by atoms with E-state index in [1.165, 1.54) is 11.3 Å². The zero-order chi connectivity index (χ0) is 18.5. The summed E-state index contributed by atoms with van der Waals surface area (Å²) in [6.45, 7) is 6.35. The summed E-state index contributed by atoms with van der Waals surface area (Å²) in [5.41, 5.74) is 2.50. The van der Waals surface area contributed by atoms with Crippen LogP contribution in [-0.2, 0) is 0 Å². The van der Waals surface area contributed by atoms with Crippen LogP contribution in [0.15, 0.2) is 42.5 Å². The van der Waals surface area contributed by atoms with Crippen LogP contribution in [0, 0.1) is 0 Å². The van der Waals surface area contributed by atoms with Crippen molar-refractivity contribution in [1.29, 1.82) is 0 Å². The minimum atomic E-state index is 0.341. The van der Waals surface area contributed by atoms with Crippen LogP contribution < -0.4 is 19.1 Å². The Morgan fingerprint density at radius 1 is 0.769 bits per heavy atom. The lowest BCUT2D eigenvalue weighted by molar-refractivity contribution is 0.198. The summed E-state index contributed by atoms with van der Waals surface area (Å²) in [4.78, 5) is 4.94. The van der Waals surface area contributed by atoms with E-state index in [4.69, 9.17) is 14.2 Å². The molecule has 0 aromatic heterocycles. The van der Waals surface area contributed by atoms with Gasteiger partial charge in [0.1, 0.15) is 5.75 Å². The Balaban J connectivity index is 1.63. The zero-order valence-corrected chi connectivity index (χ0v) is 16.1. The molecule has 26 heavy (non-hydrogen) atoms. The molecule has 1 heterocycles. The van der Waals surface area contributed by atoms with Crippen LogP contribution in [0.5, 0.6) is 17.2 Å². The van der Waals surface area contributed by atoms with E-state index in [1.54, 1.807) is 21.3 Å². The fraction of sp³-hybridized carbons (Fsp3) is 0.429. The molecule has 3 rings (SSSR count). The molecule has 2 aromatic rings. The molecular weight excluding hydrogens is 328 g/mol. The summed E-state index contributed by atoms with van der Waals surface area (Å²) in [7, 11) is 5.04. The van der Waals surface area contributed by atoms with Gasteiger partial charge in [-0.1, -0.05) is 6.07 Å². The van der Waals surface area contributed by atoms with Crippen LogP contribution >= 0.6 is 0 Å². The average Bonchev–Trinajstić information content (AvgIpc) is 2.73. The first-order chi connectivity index (χ1) is 12.7. The number of methoxy groups -OCH3 is 3. The molecule has 0 spiro atoms. The predicted octanol–water partition coefficient (Wildman–Crippen LogP) is 3.60. The van der Waals surface area contributed by atoms with Crippen LogP contribution in [-0.4, -0.2) is 52.4 Å². The summed E-state index contributed by atoms with van der Waals surface area (Å²) in [5, 5.41) is 0. The number of hydrogen-bond donors (Lipinski definition) is 0. The first kappa shape index (κ1) is 18.4. The van der Waals surface area contributed by atoms with Gasteiger partial charge in [-0.15, -0.1) is 0 Å². The number of nitrogens with zero attached hydrogens (tertiary/aromatic N) is 2. The van der Waals surface area contributed by atoms with E-state index in [0.717, 1.165) is 43.4 Å². The monoisotopic (exact) mass is 356 g/mol. The Hall–Kier alpha value is -2.40. The molecule has 0 bridgehead atoms. The van der Waals surface area contributed by atoms with Gasteiger partial charge >= 0.3 is 0 Å². The number of benzene rings is 2. The van der Waals surface area contributed by atoms with Crippen molar-refractivity contribution in [2.45, 2.75) is 13.0 Å². The van der Waals surface area contributed by atoms with E-state index < -0.39 is 0 Å². The normalized spacial score (nSPS) is 16.2. The maximum Gasteiger partial charge on any atom is 0.161 e. The predicted molar refractivity (Wildman–Crippen MR) is 105 cm³/mol. The Kier molecular flexibility index (Phi) is 5.89. The van der Waals surface area contributed by atoms with Crippen LogP contribution in [0.1, 0.15) is 18.5 Å². The van der Waals surface area contributed by atoms with Crippen molar-refractivity contribution in [2.24, 2.45) is 0 Å². The third-order valence-corrected chi connectivity index (χ3v) is 5.19. The van der Waals surface area contributed by atoms with Gasteiger partial charge in [0.25, 0.3) is 0 Å². The van der Waals surface area contributed by atoms with E-state index in [2.05, 4.69) is 41.0 Å². The number of piperazine rings is 1. The first-order valence-corrected chi connectivity index (χ1v) is 9.01. The van der Waals surface area contributed by atoms with Gasteiger partial charge in [0, 0.05) is 37.9 Å². The fourth-order valence-corrected chi connectivity index (χ4v) is 3.48. The van der Waals surface area contributed by atoms with Crippen molar-refractivity contribution in [3.63, 3.8) is 0 Å². The van der Waals surface area contributed by atoms with Gasteiger partial charge in [0.15, 0.2) is 11.5 Å². The van der Waals surface area contributed by atoms with Crippen molar-refractivity contribution in [3.8, 4) is 17.2 Å². The third kappa shape index (κ3) is 3.88. The molecule has 140 valence electrons. The lowest BCUT2D eigenvalue weighted by Gasteiger charge is -2.39. The standard InChI is InChI=1S/C21H28N2O3/c1-16(17-5-10-20(25-3)21(15-17)26-4)22-11-13-23(14-12-22)18-6-8-19(24-2)9-7-18/h5-10,15-16H,11-14H2,1-4H3. The highest BCUT2D eigenvalue weighted by molar-refractivity contribution is 5.49. The van der Waals surface area contributed by atoms with Crippen molar-refractivity contribution in [3.05, 3.63) is 48.0 Å². The van der Waals surface area contributed by atoms with Crippen LogP contribution in [0.25, 0.3) is 0 Å². The van der Waals surface area contributed by atoms with Crippen LogP contribution in [0.4, 0.5) is 5.69 Å². The second-order valence-corrected chi connectivity index (χ2v) is 6.51. The van der Waals surface area contributed by atoms with Gasteiger partial charge in [0.2, 0.25) is 0 Å². The lowest BCUT2D eigenvalue weighted by atomic mass is 10.0. The van der Waals surface area contributed by atoms with Gasteiger partial charge in [0.05, 0.1) is 21.3 Å². The second kappa shape index (κ2) is 8.32. The van der Waals surface area contributed by atoms with Gasteiger partial charge in [-0.25, -0.2) is 0 Å². The Bertz CT molecular complexity index is 710. The van der Waals surface area contributed by atoms with E-state index in [0.29, 0.717) is 6.04 Å². The fourth-order valence-electron chi connectivity index (χ4n) is 3.48. The molecule has 5 nitrogen and oxygen atoms in total. The quantitative estimate of drug-likeness (QED) is 0.790. The van der Waals surface area contributed by atoms with Crippen molar-refractivity contribution < 1.29 is 14.2 Å². The molecular formula is C21H28N2O3. The minimum absolute atomic E-state index is 0.341. The Morgan fingerprint density at radius 3 is 2.00 bits per heavy atom. The zero-order valence-electron chi connectivity index (χ0n) is 16.1. The van der Waals surface area contributed by atoms with Gasteiger partial charge < -0.3 is 19.1 Å². The van der Waals surface area contributed by atoms with Gasteiger partial charge in [-0.2, -0.15) is 0 Å². The average molecular weight is 356 g/mol. The molecule has 0 aliphatic carbocycles. The van der Waals surface area contributed by atoms with Gasteiger partial charge in [-0.3, -0.25) is 4.90 Å². The van der Waals surface area contributed by atoms with Crippen molar-refractivity contribution in [2.75, 3.05) is 52.4 Å². The molecule has 1 aliphatic heterocycles. The smallest absolute Gasteiger partial charge is 0.161 e. The van der Waals surface area contributed by atoms with E-state index in [-0.39, 0.29) is 0 Å². The highest BCUT2D eigenvalue weighted by Crippen LogP contribution is 2.32. The number of anilines is 1. The molecule has 5 heteroatoms. The summed E-state index contributed by atoms with van der Waals surface area (Å²) in [6, 6.07) is 14.8. The molecule has 1 saturated heterocycles. The number of rotatable bonds is 6. The molecule has 1 aliphatic rings. The van der Waals surface area contributed by atoms with Crippen molar-refractivity contribution >= 4 is 5.69 Å². The SMILES string of the molecule is COc1ccc(N2CCN(C(C)c3ccc(OC)c(OC)c3)CC2)cc1. The molecule has 0 saturated carbocycles. The van der Waals surface area contributed by atoms with Crippen LogP contribution in [0.2, 0.25) is 0 Å². The largest absolute Gasteiger partial charge is 0.497 e. The van der Waals surface area contributed by atoms with E-state index in [9.17, 15) is 0 Å². The third-order valence-electron chi connectivity index (χ3n) is 5.19. The Labute approximate surface area is 156 Å². The second-order valence-electron chi connectivity index (χ2n) is 6.51. The number of ether oxygens (including phenoxy) is 3. The molecule has 0 radical (unpaired) electrons. The maximum absolute atomic E-state index is 5.45. The summed E-state index contributed by atoms with van der Waals surface area (Å²) in [5.74, 6) is 2.45. The van der Waals surface area contributed by atoms with E-state index >= 15 is 0 Å². The minimum Gasteiger partial charge on any atom is -0.497 e. The summed E-state index contributed by atoms with van der Waals surface area (Å²) < 4.78 is 16.0. The highest BCUT2D eigenvalue weighted by Gasteiger charge is 2.23. The maximum atomic E-state index is 5.45. The lowest BCUT2D eigenvalue weighted by Crippen LogP contribution is -2.47. The first-order valence-electron chi connectivity index (χ1n) is 9.01.